The van der Waals surface area contributed by atoms with Crippen molar-refractivity contribution in [3.05, 3.63) is 16.0 Å². The van der Waals surface area contributed by atoms with Gasteiger partial charge in [-0.2, -0.15) is 0 Å². The number of rotatable bonds is 3. The number of carbonyl (C=O) groups is 1. The van der Waals surface area contributed by atoms with E-state index < -0.39 is 16.1 Å². The van der Waals surface area contributed by atoms with Gasteiger partial charge in [0.2, 0.25) is 0 Å². The molecule has 0 fully saturated rings. The number of halogens is 1. The van der Waals surface area contributed by atoms with Crippen molar-refractivity contribution in [2.45, 2.75) is 17.6 Å². The van der Waals surface area contributed by atoms with Gasteiger partial charge in [0, 0.05) is 0 Å². The van der Waals surface area contributed by atoms with Crippen molar-refractivity contribution in [3.8, 4) is 0 Å². The lowest BCUT2D eigenvalue weighted by Crippen LogP contribution is -2.28. The molecule has 0 aliphatic carbocycles. The fraction of sp³-hybridized carbons (Fsp3) is 0.286. The first-order valence-electron chi connectivity index (χ1n) is 3.90. The first-order chi connectivity index (χ1) is 6.86. The fourth-order valence-electron chi connectivity index (χ4n) is 1.01. The van der Waals surface area contributed by atoms with E-state index in [1.165, 1.54) is 10.8 Å². The van der Waals surface area contributed by atoms with Crippen LogP contribution in [0.1, 0.15) is 12.5 Å². The second kappa shape index (κ2) is 4.38. The van der Waals surface area contributed by atoms with Gasteiger partial charge in [0.1, 0.15) is 4.21 Å². The number of nitrogens with one attached hydrogen (secondary N) is 1. The van der Waals surface area contributed by atoms with Crippen LogP contribution in [0.3, 0.4) is 0 Å². The molecular formula is C7H8ClNO4S2. The average molecular weight is 270 g/mol. The lowest BCUT2D eigenvalue weighted by atomic mass is 10.3. The van der Waals surface area contributed by atoms with Crippen molar-refractivity contribution < 1.29 is 18.3 Å². The Labute approximate surface area is 95.7 Å². The summed E-state index contributed by atoms with van der Waals surface area (Å²) in [5, 5.41) is 8.36. The van der Waals surface area contributed by atoms with E-state index in [2.05, 4.69) is 0 Å². The molecule has 0 aliphatic heterocycles. The van der Waals surface area contributed by atoms with E-state index in [9.17, 15) is 13.2 Å². The van der Waals surface area contributed by atoms with Gasteiger partial charge in [-0.15, -0.1) is 11.3 Å². The van der Waals surface area contributed by atoms with Gasteiger partial charge in [-0.3, -0.25) is 0 Å². The first kappa shape index (κ1) is 12.3. The van der Waals surface area contributed by atoms with E-state index in [1.807, 2.05) is 0 Å². The zero-order chi connectivity index (χ0) is 11.6. The van der Waals surface area contributed by atoms with Crippen molar-refractivity contribution in [2.24, 2.45) is 0 Å². The Balaban J connectivity index is 3.20. The number of sulfonamides is 1. The van der Waals surface area contributed by atoms with E-state index in [-0.39, 0.29) is 4.21 Å². The van der Waals surface area contributed by atoms with Crippen LogP contribution in [0.4, 0.5) is 4.79 Å². The second-order valence-corrected chi connectivity index (χ2v) is 6.19. The van der Waals surface area contributed by atoms with Crippen LogP contribution in [0.2, 0.25) is 4.34 Å². The standard InChI is InChI=1S/C7H8ClNO4S2/c1-2-4-3-5(8)14-6(4)15(12,13)9-7(10)11/h3,9H,2H2,1H3,(H,10,11). The third-order valence-electron chi connectivity index (χ3n) is 1.59. The highest BCUT2D eigenvalue weighted by Gasteiger charge is 2.23. The highest BCUT2D eigenvalue weighted by Crippen LogP contribution is 2.30. The summed E-state index contributed by atoms with van der Waals surface area (Å²) in [7, 11) is -4.00. The first-order valence-corrected chi connectivity index (χ1v) is 6.58. The highest BCUT2D eigenvalue weighted by atomic mass is 35.5. The highest BCUT2D eigenvalue weighted by molar-refractivity contribution is 7.92. The van der Waals surface area contributed by atoms with Crippen LogP contribution in [0, 0.1) is 0 Å². The van der Waals surface area contributed by atoms with Crippen molar-refractivity contribution in [3.63, 3.8) is 0 Å². The molecule has 1 heterocycles. The van der Waals surface area contributed by atoms with Gasteiger partial charge in [0.25, 0.3) is 10.0 Å². The molecule has 1 aromatic rings. The molecule has 5 nitrogen and oxygen atoms in total. The van der Waals surface area contributed by atoms with E-state index in [0.29, 0.717) is 16.3 Å². The Morgan fingerprint density at radius 2 is 2.27 bits per heavy atom. The molecule has 1 rings (SSSR count). The van der Waals surface area contributed by atoms with E-state index in [1.54, 1.807) is 6.92 Å². The molecule has 0 unspecified atom stereocenters. The predicted molar refractivity (Wildman–Crippen MR) is 57.1 cm³/mol. The predicted octanol–water partition coefficient (Wildman–Crippen LogP) is 1.92. The van der Waals surface area contributed by atoms with Crippen LogP contribution in [-0.2, 0) is 16.4 Å². The third kappa shape index (κ3) is 2.83. The topological polar surface area (TPSA) is 83.5 Å². The van der Waals surface area contributed by atoms with Crippen LogP contribution in [0.25, 0.3) is 0 Å². The van der Waals surface area contributed by atoms with Gasteiger partial charge in [-0.1, -0.05) is 18.5 Å². The molecule has 8 heteroatoms. The largest absolute Gasteiger partial charge is 0.464 e. The van der Waals surface area contributed by atoms with E-state index in [0.717, 1.165) is 11.3 Å². The summed E-state index contributed by atoms with van der Waals surface area (Å²) in [5.74, 6) is 0. The molecule has 0 aromatic carbocycles. The van der Waals surface area contributed by atoms with Crippen molar-refractivity contribution in [1.82, 2.24) is 4.72 Å². The van der Waals surface area contributed by atoms with Crippen molar-refractivity contribution >= 4 is 39.1 Å². The summed E-state index contributed by atoms with van der Waals surface area (Å²) in [6.07, 6.45) is -1.14. The summed E-state index contributed by atoms with van der Waals surface area (Å²) in [4.78, 5) is 10.3. The number of aryl methyl sites for hydroxylation is 1. The van der Waals surface area contributed by atoms with Gasteiger partial charge in [-0.05, 0) is 18.1 Å². The van der Waals surface area contributed by atoms with Crippen molar-refractivity contribution in [2.75, 3.05) is 0 Å². The molecule has 0 radical (unpaired) electrons. The van der Waals surface area contributed by atoms with Gasteiger partial charge in [-0.25, -0.2) is 17.9 Å². The third-order valence-corrected chi connectivity index (χ3v) is 4.79. The zero-order valence-electron chi connectivity index (χ0n) is 7.65. The normalized spacial score (nSPS) is 11.3. The van der Waals surface area contributed by atoms with E-state index in [4.69, 9.17) is 16.7 Å². The number of hydrogen-bond donors (Lipinski definition) is 2. The van der Waals surface area contributed by atoms with Gasteiger partial charge >= 0.3 is 6.09 Å². The Hall–Kier alpha value is -0.790. The molecule has 0 saturated heterocycles. The zero-order valence-corrected chi connectivity index (χ0v) is 10.0. The summed E-state index contributed by atoms with van der Waals surface area (Å²) in [6.45, 7) is 1.76. The molecule has 1 aromatic heterocycles. The molecule has 1 amide bonds. The molecule has 0 bridgehead atoms. The van der Waals surface area contributed by atoms with Crippen LogP contribution >= 0.6 is 22.9 Å². The monoisotopic (exact) mass is 269 g/mol. The Bertz CT molecular complexity index is 479. The maximum atomic E-state index is 11.5. The molecule has 0 saturated carbocycles. The molecule has 15 heavy (non-hydrogen) atoms. The summed E-state index contributed by atoms with van der Waals surface area (Å²) in [6, 6.07) is 1.52. The fourth-order valence-corrected chi connectivity index (χ4v) is 3.93. The number of thiophene rings is 1. The molecule has 0 spiro atoms. The molecular weight excluding hydrogens is 262 g/mol. The van der Waals surface area contributed by atoms with Crippen LogP contribution in [0.5, 0.6) is 0 Å². The minimum atomic E-state index is -4.00. The Morgan fingerprint density at radius 1 is 1.67 bits per heavy atom. The average Bonchev–Trinajstić information content (AvgIpc) is 2.45. The molecule has 0 aliphatic rings. The summed E-state index contributed by atoms with van der Waals surface area (Å²) >= 11 is 6.51. The van der Waals surface area contributed by atoms with Gasteiger partial charge in [0.15, 0.2) is 0 Å². The van der Waals surface area contributed by atoms with Gasteiger partial charge < -0.3 is 5.11 Å². The quantitative estimate of drug-likeness (QED) is 0.878. The minimum absolute atomic E-state index is 0.0441. The minimum Gasteiger partial charge on any atom is -0.464 e. The number of hydrogen-bond acceptors (Lipinski definition) is 4. The van der Waals surface area contributed by atoms with Crippen molar-refractivity contribution in [1.29, 1.82) is 0 Å². The summed E-state index contributed by atoms with van der Waals surface area (Å²) < 4.78 is 24.7. The van der Waals surface area contributed by atoms with Crippen LogP contribution in [0.15, 0.2) is 10.3 Å². The SMILES string of the molecule is CCc1cc(Cl)sc1S(=O)(=O)NC(=O)O. The Kier molecular flexibility index (Phi) is 3.58. The van der Waals surface area contributed by atoms with Gasteiger partial charge in [0.05, 0.1) is 4.34 Å². The van der Waals surface area contributed by atoms with E-state index >= 15 is 0 Å². The second-order valence-electron chi connectivity index (χ2n) is 2.63. The molecule has 84 valence electrons. The van der Waals surface area contributed by atoms with Crippen LogP contribution < -0.4 is 4.72 Å². The molecule has 2 N–H and O–H groups in total. The maximum Gasteiger partial charge on any atom is 0.418 e. The lowest BCUT2D eigenvalue weighted by molar-refractivity contribution is 0.201. The molecule has 0 atom stereocenters. The van der Waals surface area contributed by atoms with Crippen LogP contribution in [-0.4, -0.2) is 19.6 Å². The maximum absolute atomic E-state index is 11.5. The lowest BCUT2D eigenvalue weighted by Gasteiger charge is -2.02. The Morgan fingerprint density at radius 3 is 2.73 bits per heavy atom. The number of amides is 1. The summed E-state index contributed by atoms with van der Waals surface area (Å²) in [5.41, 5.74) is 0.513. The smallest absolute Gasteiger partial charge is 0.418 e. The number of carboxylic acid groups (broad SMARTS) is 1.